The highest BCUT2D eigenvalue weighted by Gasteiger charge is 2.06. The van der Waals surface area contributed by atoms with Gasteiger partial charge in [-0.15, -0.1) is 0 Å². The van der Waals surface area contributed by atoms with Crippen LogP contribution in [0.5, 0.6) is 0 Å². The Morgan fingerprint density at radius 2 is 1.94 bits per heavy atom. The Labute approximate surface area is 105 Å². The second kappa shape index (κ2) is 4.69. The second-order valence-electron chi connectivity index (χ2n) is 3.83. The predicted octanol–water partition coefficient (Wildman–Crippen LogP) is 2.70. The number of benzene rings is 1. The van der Waals surface area contributed by atoms with Gasteiger partial charge in [0.1, 0.15) is 5.82 Å². The molecule has 0 unspecified atom stereocenters. The van der Waals surface area contributed by atoms with Crippen molar-refractivity contribution in [1.29, 1.82) is 0 Å². The highest BCUT2D eigenvalue weighted by molar-refractivity contribution is 6.31. The first kappa shape index (κ1) is 11.8. The van der Waals surface area contributed by atoms with E-state index < -0.39 is 0 Å². The number of hydrazine groups is 1. The number of aryl methyl sites for hydroxylation is 2. The molecule has 1 aromatic heterocycles. The van der Waals surface area contributed by atoms with Crippen LogP contribution >= 0.6 is 11.6 Å². The summed E-state index contributed by atoms with van der Waals surface area (Å²) in [4.78, 5) is 8.64. The van der Waals surface area contributed by atoms with E-state index in [1.165, 1.54) is 0 Å². The summed E-state index contributed by atoms with van der Waals surface area (Å²) < 4.78 is 0. The Kier molecular flexibility index (Phi) is 3.26. The monoisotopic (exact) mass is 248 g/mol. The van der Waals surface area contributed by atoms with Crippen molar-refractivity contribution in [3.8, 4) is 11.4 Å². The molecular formula is C12H13ClN4. The summed E-state index contributed by atoms with van der Waals surface area (Å²) in [6, 6.07) is 7.51. The maximum Gasteiger partial charge on any atom is 0.161 e. The predicted molar refractivity (Wildman–Crippen MR) is 69.8 cm³/mol. The molecule has 0 fully saturated rings. The van der Waals surface area contributed by atoms with Crippen molar-refractivity contribution in [2.24, 2.45) is 5.84 Å². The Hall–Kier alpha value is -1.65. The standard InChI is InChI=1S/C12H13ClN4/c1-7-3-4-9(6-10(7)13)12-15-8(2)5-11(16-12)17-14/h3-6H,14H2,1-2H3,(H,15,16,17). The largest absolute Gasteiger partial charge is 0.308 e. The van der Waals surface area contributed by atoms with Crippen molar-refractivity contribution >= 4 is 17.4 Å². The maximum absolute atomic E-state index is 6.08. The number of nitrogens with zero attached hydrogens (tertiary/aromatic N) is 2. The number of rotatable bonds is 2. The number of hydrogen-bond donors (Lipinski definition) is 2. The lowest BCUT2D eigenvalue weighted by molar-refractivity contribution is 1.09. The molecule has 0 aliphatic carbocycles. The lowest BCUT2D eigenvalue weighted by Gasteiger charge is -2.06. The summed E-state index contributed by atoms with van der Waals surface area (Å²) in [5.41, 5.74) is 5.27. The normalized spacial score (nSPS) is 10.4. The Morgan fingerprint density at radius 3 is 2.59 bits per heavy atom. The quantitative estimate of drug-likeness (QED) is 0.634. The second-order valence-corrected chi connectivity index (χ2v) is 4.23. The van der Waals surface area contributed by atoms with E-state index in [4.69, 9.17) is 17.4 Å². The first-order chi connectivity index (χ1) is 8.10. The Balaban J connectivity index is 2.52. The average Bonchev–Trinajstić information content (AvgIpc) is 2.32. The van der Waals surface area contributed by atoms with Crippen LogP contribution in [-0.4, -0.2) is 9.97 Å². The zero-order valence-electron chi connectivity index (χ0n) is 9.66. The lowest BCUT2D eigenvalue weighted by atomic mass is 10.1. The van der Waals surface area contributed by atoms with Crippen molar-refractivity contribution in [3.05, 3.63) is 40.5 Å². The average molecular weight is 249 g/mol. The molecule has 2 rings (SSSR count). The van der Waals surface area contributed by atoms with Gasteiger partial charge in [-0.05, 0) is 25.5 Å². The van der Waals surface area contributed by atoms with Crippen molar-refractivity contribution in [2.75, 3.05) is 5.43 Å². The molecule has 88 valence electrons. The van der Waals surface area contributed by atoms with Crippen LogP contribution in [-0.2, 0) is 0 Å². The molecule has 0 radical (unpaired) electrons. The zero-order chi connectivity index (χ0) is 12.4. The van der Waals surface area contributed by atoms with Crippen LogP contribution in [0.1, 0.15) is 11.3 Å². The van der Waals surface area contributed by atoms with Gasteiger partial charge in [0, 0.05) is 22.3 Å². The topological polar surface area (TPSA) is 63.8 Å². The molecule has 1 aromatic carbocycles. The van der Waals surface area contributed by atoms with Crippen molar-refractivity contribution < 1.29 is 0 Å². The summed E-state index contributed by atoms with van der Waals surface area (Å²) in [6.45, 7) is 3.85. The number of anilines is 1. The fourth-order valence-corrected chi connectivity index (χ4v) is 1.68. The van der Waals surface area contributed by atoms with E-state index in [9.17, 15) is 0 Å². The summed E-state index contributed by atoms with van der Waals surface area (Å²) in [6.07, 6.45) is 0. The van der Waals surface area contributed by atoms with Gasteiger partial charge in [0.25, 0.3) is 0 Å². The molecule has 1 heterocycles. The summed E-state index contributed by atoms with van der Waals surface area (Å²) in [7, 11) is 0. The van der Waals surface area contributed by atoms with Crippen LogP contribution in [0, 0.1) is 13.8 Å². The van der Waals surface area contributed by atoms with E-state index in [2.05, 4.69) is 15.4 Å². The summed E-state index contributed by atoms with van der Waals surface area (Å²) in [5, 5.41) is 0.704. The van der Waals surface area contributed by atoms with Crippen LogP contribution in [0.4, 0.5) is 5.82 Å². The minimum Gasteiger partial charge on any atom is -0.308 e. The Bertz CT molecular complexity index is 554. The third-order valence-corrected chi connectivity index (χ3v) is 2.84. The molecule has 0 aliphatic rings. The van der Waals surface area contributed by atoms with E-state index in [0.717, 1.165) is 16.8 Å². The van der Waals surface area contributed by atoms with Gasteiger partial charge < -0.3 is 5.43 Å². The zero-order valence-corrected chi connectivity index (χ0v) is 10.4. The van der Waals surface area contributed by atoms with E-state index in [1.807, 2.05) is 32.0 Å². The van der Waals surface area contributed by atoms with Gasteiger partial charge in [-0.2, -0.15) is 0 Å². The first-order valence-electron chi connectivity index (χ1n) is 5.19. The molecule has 2 aromatic rings. The van der Waals surface area contributed by atoms with Gasteiger partial charge in [0.15, 0.2) is 5.82 Å². The molecule has 0 bridgehead atoms. The lowest BCUT2D eigenvalue weighted by Crippen LogP contribution is -2.09. The molecule has 0 saturated carbocycles. The van der Waals surface area contributed by atoms with E-state index >= 15 is 0 Å². The van der Waals surface area contributed by atoms with Crippen LogP contribution in [0.25, 0.3) is 11.4 Å². The minimum absolute atomic E-state index is 0.587. The number of nitrogen functional groups attached to an aromatic ring is 1. The SMILES string of the molecule is Cc1cc(NN)nc(-c2ccc(C)c(Cl)c2)n1. The minimum atomic E-state index is 0.587. The summed E-state index contributed by atoms with van der Waals surface area (Å²) >= 11 is 6.08. The number of nitrogens with one attached hydrogen (secondary N) is 1. The van der Waals surface area contributed by atoms with Crippen LogP contribution in [0.3, 0.4) is 0 Å². The van der Waals surface area contributed by atoms with Crippen LogP contribution in [0.2, 0.25) is 5.02 Å². The Morgan fingerprint density at radius 1 is 1.18 bits per heavy atom. The first-order valence-corrected chi connectivity index (χ1v) is 5.57. The number of hydrogen-bond acceptors (Lipinski definition) is 4. The van der Waals surface area contributed by atoms with Gasteiger partial charge in [-0.1, -0.05) is 23.7 Å². The molecule has 5 heteroatoms. The van der Waals surface area contributed by atoms with E-state index in [1.54, 1.807) is 6.07 Å². The third kappa shape index (κ3) is 2.54. The summed E-state index contributed by atoms with van der Waals surface area (Å²) in [5.74, 6) is 6.55. The number of nitrogens with two attached hydrogens (primary N) is 1. The van der Waals surface area contributed by atoms with Gasteiger partial charge in [0.05, 0.1) is 0 Å². The molecule has 4 nitrogen and oxygen atoms in total. The van der Waals surface area contributed by atoms with Gasteiger partial charge >= 0.3 is 0 Å². The van der Waals surface area contributed by atoms with E-state index in [-0.39, 0.29) is 0 Å². The molecule has 17 heavy (non-hydrogen) atoms. The highest BCUT2D eigenvalue weighted by atomic mass is 35.5. The fourth-order valence-electron chi connectivity index (χ4n) is 1.50. The van der Waals surface area contributed by atoms with Crippen LogP contribution < -0.4 is 11.3 Å². The number of halogens is 1. The van der Waals surface area contributed by atoms with Crippen molar-refractivity contribution in [2.45, 2.75) is 13.8 Å². The van der Waals surface area contributed by atoms with Crippen LogP contribution in [0.15, 0.2) is 24.3 Å². The molecule has 0 spiro atoms. The molecule has 0 amide bonds. The van der Waals surface area contributed by atoms with E-state index in [0.29, 0.717) is 16.7 Å². The molecule has 3 N–H and O–H groups in total. The molecular weight excluding hydrogens is 236 g/mol. The van der Waals surface area contributed by atoms with Gasteiger partial charge in [-0.25, -0.2) is 15.8 Å². The smallest absolute Gasteiger partial charge is 0.161 e. The fraction of sp³-hybridized carbons (Fsp3) is 0.167. The number of aromatic nitrogens is 2. The maximum atomic E-state index is 6.08. The molecule has 0 saturated heterocycles. The van der Waals surface area contributed by atoms with Crippen molar-refractivity contribution in [1.82, 2.24) is 9.97 Å². The third-order valence-electron chi connectivity index (χ3n) is 2.43. The van der Waals surface area contributed by atoms with Crippen molar-refractivity contribution in [3.63, 3.8) is 0 Å². The van der Waals surface area contributed by atoms with Gasteiger partial charge in [-0.3, -0.25) is 0 Å². The highest BCUT2D eigenvalue weighted by Crippen LogP contribution is 2.23. The molecule has 0 aliphatic heterocycles. The van der Waals surface area contributed by atoms with Gasteiger partial charge in [0.2, 0.25) is 0 Å². The molecule has 0 atom stereocenters.